The van der Waals surface area contributed by atoms with Crippen molar-refractivity contribution in [2.75, 3.05) is 13.2 Å². The second kappa shape index (κ2) is 9.57. The Morgan fingerprint density at radius 2 is 1.94 bits per heavy atom. The van der Waals surface area contributed by atoms with E-state index in [4.69, 9.17) is 18.6 Å². The summed E-state index contributed by atoms with van der Waals surface area (Å²) < 4.78 is 22.2. The number of carbonyl (C=O) groups is 1. The molecule has 0 radical (unpaired) electrons. The second-order valence-electron chi connectivity index (χ2n) is 8.50. The van der Waals surface area contributed by atoms with Crippen LogP contribution in [-0.4, -0.2) is 25.3 Å². The van der Waals surface area contributed by atoms with E-state index in [0.717, 1.165) is 36.0 Å². The standard InChI is InChI=1S/C26H28O6/c1-16(2)22-13-23-19(12-25(27)32-24(23)11-17(22)3)14-31-26(28)18-6-8-20(9-7-18)30-15-21-5-4-10-29-21/h6-9,11-13,16,21H,4-5,10,14-15H2,1-3H3. The number of ether oxygens (including phenoxy) is 3. The molecule has 32 heavy (non-hydrogen) atoms. The Morgan fingerprint density at radius 3 is 2.62 bits per heavy atom. The van der Waals surface area contributed by atoms with E-state index in [2.05, 4.69) is 13.8 Å². The Kier molecular flexibility index (Phi) is 6.61. The molecule has 0 aliphatic carbocycles. The summed E-state index contributed by atoms with van der Waals surface area (Å²) in [6, 6.07) is 12.1. The SMILES string of the molecule is Cc1cc2oc(=O)cc(COC(=O)c3ccc(OCC4CCCO4)cc3)c2cc1C(C)C. The number of benzene rings is 2. The van der Waals surface area contributed by atoms with E-state index in [1.165, 1.54) is 6.07 Å². The predicted molar refractivity (Wildman–Crippen MR) is 121 cm³/mol. The van der Waals surface area contributed by atoms with E-state index in [0.29, 0.717) is 35.0 Å². The summed E-state index contributed by atoms with van der Waals surface area (Å²) in [7, 11) is 0. The summed E-state index contributed by atoms with van der Waals surface area (Å²) >= 11 is 0. The van der Waals surface area contributed by atoms with Crippen LogP contribution in [0.4, 0.5) is 0 Å². The molecule has 1 aliphatic rings. The van der Waals surface area contributed by atoms with Gasteiger partial charge < -0.3 is 18.6 Å². The molecule has 0 spiro atoms. The third kappa shape index (κ3) is 5.02. The highest BCUT2D eigenvalue weighted by atomic mass is 16.5. The maximum Gasteiger partial charge on any atom is 0.338 e. The monoisotopic (exact) mass is 436 g/mol. The van der Waals surface area contributed by atoms with E-state index in [-0.39, 0.29) is 12.7 Å². The van der Waals surface area contributed by atoms with E-state index < -0.39 is 11.6 Å². The number of hydrogen-bond donors (Lipinski definition) is 0. The maximum atomic E-state index is 12.6. The van der Waals surface area contributed by atoms with Gasteiger partial charge >= 0.3 is 11.6 Å². The van der Waals surface area contributed by atoms with Crippen molar-refractivity contribution in [1.82, 2.24) is 0 Å². The number of fused-ring (bicyclic) bond motifs is 1. The first-order chi connectivity index (χ1) is 15.4. The van der Waals surface area contributed by atoms with E-state index in [1.54, 1.807) is 24.3 Å². The van der Waals surface area contributed by atoms with Crippen molar-refractivity contribution in [1.29, 1.82) is 0 Å². The van der Waals surface area contributed by atoms with Crippen LogP contribution in [-0.2, 0) is 16.1 Å². The van der Waals surface area contributed by atoms with Crippen molar-refractivity contribution in [2.24, 2.45) is 0 Å². The quantitative estimate of drug-likeness (QED) is 0.377. The summed E-state index contributed by atoms with van der Waals surface area (Å²) in [4.78, 5) is 24.6. The van der Waals surface area contributed by atoms with Gasteiger partial charge in [0.15, 0.2) is 0 Å². The third-order valence-corrected chi connectivity index (χ3v) is 5.75. The first-order valence-electron chi connectivity index (χ1n) is 11.0. The summed E-state index contributed by atoms with van der Waals surface area (Å²) in [5.74, 6) is 0.538. The van der Waals surface area contributed by atoms with Gasteiger partial charge in [0.25, 0.3) is 0 Å². The molecule has 0 saturated carbocycles. The fourth-order valence-corrected chi connectivity index (χ4v) is 4.01. The van der Waals surface area contributed by atoms with Crippen LogP contribution < -0.4 is 10.4 Å². The van der Waals surface area contributed by atoms with Crippen LogP contribution in [0.15, 0.2) is 51.7 Å². The van der Waals surface area contributed by atoms with Crippen LogP contribution in [0.5, 0.6) is 5.75 Å². The number of hydrogen-bond acceptors (Lipinski definition) is 6. The number of esters is 1. The molecule has 3 aromatic rings. The molecule has 1 aliphatic heterocycles. The Bertz CT molecular complexity index is 1150. The lowest BCUT2D eigenvalue weighted by Crippen LogP contribution is -2.16. The van der Waals surface area contributed by atoms with E-state index in [9.17, 15) is 9.59 Å². The topological polar surface area (TPSA) is 75.0 Å². The first-order valence-corrected chi connectivity index (χ1v) is 11.0. The zero-order chi connectivity index (χ0) is 22.7. The fraction of sp³-hybridized carbons (Fsp3) is 0.385. The summed E-state index contributed by atoms with van der Waals surface area (Å²) in [6.07, 6.45) is 2.21. The molecule has 0 N–H and O–H groups in total. The molecule has 1 fully saturated rings. The minimum atomic E-state index is -0.465. The number of rotatable bonds is 7. The predicted octanol–water partition coefficient (Wildman–Crippen LogP) is 5.14. The van der Waals surface area contributed by atoms with Gasteiger partial charge in [-0.15, -0.1) is 0 Å². The fourth-order valence-electron chi connectivity index (χ4n) is 4.01. The Morgan fingerprint density at radius 1 is 1.16 bits per heavy atom. The molecule has 1 saturated heterocycles. The Hall–Kier alpha value is -3.12. The highest BCUT2D eigenvalue weighted by Gasteiger charge is 2.17. The van der Waals surface area contributed by atoms with Crippen LogP contribution >= 0.6 is 0 Å². The average Bonchev–Trinajstić information content (AvgIpc) is 3.29. The summed E-state index contributed by atoms with van der Waals surface area (Å²) in [6.45, 7) is 7.50. The number of aryl methyl sites for hydroxylation is 1. The Balaban J connectivity index is 1.45. The molecular weight excluding hydrogens is 408 g/mol. The highest BCUT2D eigenvalue weighted by Crippen LogP contribution is 2.27. The summed E-state index contributed by atoms with van der Waals surface area (Å²) in [5, 5.41) is 0.782. The molecule has 2 aromatic carbocycles. The van der Waals surface area contributed by atoms with Gasteiger partial charge in [0.2, 0.25) is 0 Å². The van der Waals surface area contributed by atoms with Gasteiger partial charge in [-0.25, -0.2) is 9.59 Å². The van der Waals surface area contributed by atoms with Crippen molar-refractivity contribution < 1.29 is 23.4 Å². The molecule has 1 aromatic heterocycles. The van der Waals surface area contributed by atoms with Gasteiger partial charge in [0.1, 0.15) is 24.5 Å². The van der Waals surface area contributed by atoms with Crippen LogP contribution in [0.2, 0.25) is 0 Å². The average molecular weight is 437 g/mol. The maximum absolute atomic E-state index is 12.6. The molecule has 1 atom stereocenters. The Labute approximate surface area is 187 Å². The zero-order valence-corrected chi connectivity index (χ0v) is 18.7. The summed E-state index contributed by atoms with van der Waals surface area (Å²) in [5.41, 5.74) is 3.30. The van der Waals surface area contributed by atoms with Crippen LogP contribution in [0.3, 0.4) is 0 Å². The van der Waals surface area contributed by atoms with E-state index >= 15 is 0 Å². The molecule has 168 valence electrons. The highest BCUT2D eigenvalue weighted by molar-refractivity contribution is 5.90. The largest absolute Gasteiger partial charge is 0.491 e. The molecule has 1 unspecified atom stereocenters. The second-order valence-corrected chi connectivity index (χ2v) is 8.50. The molecular formula is C26H28O6. The normalized spacial score (nSPS) is 15.9. The number of carbonyl (C=O) groups excluding carboxylic acids is 1. The molecule has 6 heteroatoms. The first kappa shape index (κ1) is 22.1. The van der Waals surface area contributed by atoms with Crippen molar-refractivity contribution in [2.45, 2.75) is 52.2 Å². The van der Waals surface area contributed by atoms with Crippen LogP contribution in [0.1, 0.15) is 59.7 Å². The molecule has 6 nitrogen and oxygen atoms in total. The molecule has 0 bridgehead atoms. The van der Waals surface area contributed by atoms with E-state index in [1.807, 2.05) is 19.1 Å². The lowest BCUT2D eigenvalue weighted by molar-refractivity contribution is 0.0473. The van der Waals surface area contributed by atoms with Crippen LogP contribution in [0.25, 0.3) is 11.0 Å². The van der Waals surface area contributed by atoms with Crippen molar-refractivity contribution in [3.05, 3.63) is 75.1 Å². The van der Waals surface area contributed by atoms with Crippen molar-refractivity contribution in [3.8, 4) is 5.75 Å². The van der Waals surface area contributed by atoms with Crippen molar-refractivity contribution >= 4 is 16.9 Å². The lowest BCUT2D eigenvalue weighted by atomic mass is 9.95. The molecule has 0 amide bonds. The minimum absolute atomic E-state index is 0.0151. The smallest absolute Gasteiger partial charge is 0.338 e. The minimum Gasteiger partial charge on any atom is -0.491 e. The van der Waals surface area contributed by atoms with Gasteiger partial charge in [0, 0.05) is 23.6 Å². The third-order valence-electron chi connectivity index (χ3n) is 5.75. The van der Waals surface area contributed by atoms with Gasteiger partial charge in [-0.2, -0.15) is 0 Å². The van der Waals surface area contributed by atoms with Gasteiger partial charge in [-0.05, 0) is 73.2 Å². The zero-order valence-electron chi connectivity index (χ0n) is 18.7. The van der Waals surface area contributed by atoms with Gasteiger partial charge in [-0.1, -0.05) is 13.8 Å². The molecule has 2 heterocycles. The van der Waals surface area contributed by atoms with Gasteiger partial charge in [0.05, 0.1) is 11.7 Å². The van der Waals surface area contributed by atoms with Crippen LogP contribution in [0, 0.1) is 6.92 Å². The van der Waals surface area contributed by atoms with Crippen molar-refractivity contribution in [3.63, 3.8) is 0 Å². The lowest BCUT2D eigenvalue weighted by Gasteiger charge is -2.13. The van der Waals surface area contributed by atoms with Gasteiger partial charge in [-0.3, -0.25) is 0 Å². The molecule has 4 rings (SSSR count).